The van der Waals surface area contributed by atoms with E-state index in [0.717, 1.165) is 73.6 Å². The van der Waals surface area contributed by atoms with Gasteiger partial charge in [0.1, 0.15) is 11.1 Å². The van der Waals surface area contributed by atoms with Crippen molar-refractivity contribution in [1.82, 2.24) is 14.8 Å². The van der Waals surface area contributed by atoms with Crippen LogP contribution in [0.2, 0.25) is 0 Å². The molecule has 1 N–H and O–H groups in total. The molecule has 6 nitrogen and oxygen atoms in total. The van der Waals surface area contributed by atoms with Crippen LogP contribution in [0.1, 0.15) is 67.3 Å². The molecule has 1 amide bonds. The summed E-state index contributed by atoms with van der Waals surface area (Å²) in [7, 11) is 0. The van der Waals surface area contributed by atoms with Gasteiger partial charge in [-0.1, -0.05) is 45.4 Å². The maximum absolute atomic E-state index is 12.8. The number of thioether (sulfide) groups is 1. The van der Waals surface area contributed by atoms with E-state index in [1.807, 2.05) is 0 Å². The summed E-state index contributed by atoms with van der Waals surface area (Å²) in [6.07, 6.45) is 7.38. The quantitative estimate of drug-likeness (QED) is 0.311. The van der Waals surface area contributed by atoms with Crippen molar-refractivity contribution in [3.05, 3.63) is 32.3 Å². The third-order valence-electron chi connectivity index (χ3n) is 6.21. The monoisotopic (exact) mass is 513 g/mol. The van der Waals surface area contributed by atoms with Crippen molar-refractivity contribution in [3.8, 4) is 17.5 Å². The number of hydrogen-bond donors (Lipinski definition) is 1. The number of anilines is 1. The lowest BCUT2D eigenvalue weighted by atomic mass is 9.86. The number of aromatic nitrogens is 3. The van der Waals surface area contributed by atoms with Crippen LogP contribution in [-0.4, -0.2) is 26.4 Å². The molecular formula is C25H31N5OS3. The van der Waals surface area contributed by atoms with Gasteiger partial charge in [0, 0.05) is 27.2 Å². The van der Waals surface area contributed by atoms with Crippen molar-refractivity contribution in [1.29, 1.82) is 5.26 Å². The fourth-order valence-electron chi connectivity index (χ4n) is 4.41. The summed E-state index contributed by atoms with van der Waals surface area (Å²) < 4.78 is 2.12. The van der Waals surface area contributed by atoms with Gasteiger partial charge in [0.2, 0.25) is 5.91 Å². The molecule has 34 heavy (non-hydrogen) atoms. The Kier molecular flexibility index (Phi) is 8.46. The number of rotatable bonds is 10. The highest BCUT2D eigenvalue weighted by atomic mass is 32.2. The first-order valence-electron chi connectivity index (χ1n) is 12.1. The molecule has 1 aliphatic rings. The molecule has 0 aromatic carbocycles. The van der Waals surface area contributed by atoms with E-state index in [4.69, 9.17) is 0 Å². The number of aryl methyl sites for hydroxylation is 1. The van der Waals surface area contributed by atoms with Gasteiger partial charge in [-0.25, -0.2) is 0 Å². The zero-order valence-corrected chi connectivity index (χ0v) is 22.5. The number of fused-ring (bicyclic) bond motifs is 1. The molecule has 4 rings (SSSR count). The summed E-state index contributed by atoms with van der Waals surface area (Å²) in [6, 6.07) is 4.54. The topological polar surface area (TPSA) is 83.6 Å². The molecule has 9 heteroatoms. The Morgan fingerprint density at radius 3 is 2.91 bits per heavy atom. The van der Waals surface area contributed by atoms with Crippen LogP contribution in [0, 0.1) is 17.2 Å². The molecule has 0 aliphatic heterocycles. The van der Waals surface area contributed by atoms with E-state index in [2.05, 4.69) is 58.4 Å². The minimum absolute atomic E-state index is 0.111. The number of hydrogen-bond acceptors (Lipinski definition) is 7. The minimum atomic E-state index is -0.111. The van der Waals surface area contributed by atoms with Crippen LogP contribution in [0.4, 0.5) is 5.00 Å². The summed E-state index contributed by atoms with van der Waals surface area (Å²) in [5.41, 5.74) is 2.90. The van der Waals surface area contributed by atoms with Gasteiger partial charge < -0.3 is 9.88 Å². The van der Waals surface area contributed by atoms with Crippen molar-refractivity contribution in [3.63, 3.8) is 0 Å². The average molecular weight is 514 g/mol. The summed E-state index contributed by atoms with van der Waals surface area (Å²) in [4.78, 5) is 15.4. The van der Waals surface area contributed by atoms with Crippen LogP contribution >= 0.6 is 34.4 Å². The molecule has 1 unspecified atom stereocenters. The van der Waals surface area contributed by atoms with Gasteiger partial charge in [0.05, 0.1) is 11.3 Å². The summed E-state index contributed by atoms with van der Waals surface area (Å²) in [5.74, 6) is 1.67. The molecule has 1 aliphatic carbocycles. The van der Waals surface area contributed by atoms with E-state index >= 15 is 0 Å². The Morgan fingerprint density at radius 1 is 1.32 bits per heavy atom. The van der Waals surface area contributed by atoms with Gasteiger partial charge in [0.25, 0.3) is 0 Å². The van der Waals surface area contributed by atoms with Crippen LogP contribution in [0.3, 0.4) is 0 Å². The third kappa shape index (κ3) is 5.40. The molecule has 0 spiro atoms. The van der Waals surface area contributed by atoms with Crippen LogP contribution in [0.25, 0.3) is 11.4 Å². The number of carbonyl (C=O) groups is 1. The number of thiophene rings is 2. The fraction of sp³-hybridized carbons (Fsp3) is 0.520. The highest BCUT2D eigenvalue weighted by Gasteiger charge is 2.26. The largest absolute Gasteiger partial charge is 0.316 e. The van der Waals surface area contributed by atoms with E-state index in [9.17, 15) is 10.1 Å². The van der Waals surface area contributed by atoms with Crippen molar-refractivity contribution in [2.75, 3.05) is 11.1 Å². The first-order valence-corrected chi connectivity index (χ1v) is 14.7. The van der Waals surface area contributed by atoms with Crippen molar-refractivity contribution < 1.29 is 4.79 Å². The van der Waals surface area contributed by atoms with Crippen LogP contribution < -0.4 is 5.32 Å². The number of nitrogens with zero attached hydrogens (tertiary/aromatic N) is 4. The lowest BCUT2D eigenvalue weighted by Gasteiger charge is -2.20. The van der Waals surface area contributed by atoms with Crippen LogP contribution in [-0.2, 0) is 30.6 Å². The predicted molar refractivity (Wildman–Crippen MR) is 142 cm³/mol. The first-order chi connectivity index (χ1) is 16.6. The lowest BCUT2D eigenvalue weighted by Crippen LogP contribution is -2.15. The zero-order valence-electron chi connectivity index (χ0n) is 20.0. The van der Waals surface area contributed by atoms with Crippen molar-refractivity contribution in [2.24, 2.45) is 5.92 Å². The SMILES string of the molecule is CCCc1cc(-c2nnc(SCC(=O)Nc3sc4c(c3C#N)CCC(CC)C4)n2CCC)cs1. The molecule has 0 saturated heterocycles. The van der Waals surface area contributed by atoms with E-state index in [1.54, 1.807) is 22.7 Å². The molecule has 0 saturated carbocycles. The normalized spacial score (nSPS) is 15.2. The van der Waals surface area contributed by atoms with E-state index in [1.165, 1.54) is 21.5 Å². The Morgan fingerprint density at radius 2 is 2.18 bits per heavy atom. The average Bonchev–Trinajstić information content (AvgIpc) is 3.54. The van der Waals surface area contributed by atoms with E-state index < -0.39 is 0 Å². The Labute approximate surface area is 213 Å². The number of amides is 1. The molecule has 0 bridgehead atoms. The van der Waals surface area contributed by atoms with Gasteiger partial charge >= 0.3 is 0 Å². The maximum Gasteiger partial charge on any atom is 0.235 e. The highest BCUT2D eigenvalue weighted by Crippen LogP contribution is 2.40. The zero-order chi connectivity index (χ0) is 24.1. The molecule has 0 fully saturated rings. The fourth-order valence-corrected chi connectivity index (χ4v) is 7.47. The summed E-state index contributed by atoms with van der Waals surface area (Å²) in [5, 5.41) is 25.2. The second kappa shape index (κ2) is 11.5. The smallest absolute Gasteiger partial charge is 0.235 e. The summed E-state index contributed by atoms with van der Waals surface area (Å²) >= 11 is 4.74. The Balaban J connectivity index is 1.45. The first kappa shape index (κ1) is 25.0. The molecular weight excluding hydrogens is 483 g/mol. The Bertz CT molecular complexity index is 1190. The van der Waals surface area contributed by atoms with Gasteiger partial charge in [0.15, 0.2) is 11.0 Å². The molecule has 180 valence electrons. The molecule has 3 aromatic rings. The second-order valence-corrected chi connectivity index (χ2v) is 11.7. The summed E-state index contributed by atoms with van der Waals surface area (Å²) in [6.45, 7) is 7.34. The number of nitriles is 1. The van der Waals surface area contributed by atoms with Crippen LogP contribution in [0.5, 0.6) is 0 Å². The van der Waals surface area contributed by atoms with E-state index in [0.29, 0.717) is 16.5 Å². The number of nitrogens with one attached hydrogen (secondary N) is 1. The molecule has 3 heterocycles. The maximum atomic E-state index is 12.8. The van der Waals surface area contributed by atoms with E-state index in [-0.39, 0.29) is 11.7 Å². The van der Waals surface area contributed by atoms with Crippen molar-refractivity contribution in [2.45, 2.75) is 77.4 Å². The van der Waals surface area contributed by atoms with Crippen molar-refractivity contribution >= 4 is 45.3 Å². The highest BCUT2D eigenvalue weighted by molar-refractivity contribution is 7.99. The number of carbonyl (C=O) groups excluding carboxylic acids is 1. The van der Waals surface area contributed by atoms with Gasteiger partial charge in [-0.05, 0) is 49.7 Å². The molecule has 3 aromatic heterocycles. The second-order valence-electron chi connectivity index (χ2n) is 8.68. The predicted octanol–water partition coefficient (Wildman–Crippen LogP) is 6.55. The molecule has 1 atom stereocenters. The lowest BCUT2D eigenvalue weighted by molar-refractivity contribution is -0.113. The van der Waals surface area contributed by atoms with Gasteiger partial charge in [-0.3, -0.25) is 4.79 Å². The van der Waals surface area contributed by atoms with Crippen LogP contribution in [0.15, 0.2) is 16.6 Å². The molecule has 0 radical (unpaired) electrons. The minimum Gasteiger partial charge on any atom is -0.316 e. The third-order valence-corrected chi connectivity index (χ3v) is 9.35. The van der Waals surface area contributed by atoms with Gasteiger partial charge in [-0.2, -0.15) is 5.26 Å². The standard InChI is InChI=1S/C25H31N5OS3/c1-4-7-18-12-17(14-32-18)23-28-29-25(30(23)10-5-2)33-15-22(31)27-24-20(13-26)19-9-8-16(6-3)11-21(19)34-24/h12,14,16H,4-11,15H2,1-3H3,(H,27,31). The van der Waals surface area contributed by atoms with Gasteiger partial charge in [-0.15, -0.1) is 32.9 Å². The Hall–Kier alpha value is -2.15.